The first-order valence-corrected chi connectivity index (χ1v) is 7.80. The molecule has 104 valence electrons. The van der Waals surface area contributed by atoms with Gasteiger partial charge in [-0.2, -0.15) is 0 Å². The second kappa shape index (κ2) is 5.16. The van der Waals surface area contributed by atoms with E-state index in [0.717, 1.165) is 12.0 Å². The molecule has 3 rings (SSSR count). The molecule has 7 heteroatoms. The number of benzene rings is 1. The van der Waals surface area contributed by atoms with E-state index in [-0.39, 0.29) is 20.0 Å². The summed E-state index contributed by atoms with van der Waals surface area (Å²) >= 11 is 12.8. The van der Waals surface area contributed by atoms with Crippen LogP contribution in [0.3, 0.4) is 0 Å². The minimum Gasteiger partial charge on any atom is -0.503 e. The highest BCUT2D eigenvalue weighted by Gasteiger charge is 2.52. The summed E-state index contributed by atoms with van der Waals surface area (Å²) in [5.74, 6) is 0.850. The van der Waals surface area contributed by atoms with Crippen molar-refractivity contribution in [1.29, 1.82) is 0 Å². The molecule has 1 N–H and O–H groups in total. The molecule has 1 aliphatic rings. The van der Waals surface area contributed by atoms with Crippen LogP contribution in [0.25, 0.3) is 0 Å². The molecule has 0 amide bonds. The van der Waals surface area contributed by atoms with Crippen LogP contribution in [0.4, 0.5) is 0 Å². The lowest BCUT2D eigenvalue weighted by Crippen LogP contribution is -1.96. The molecule has 20 heavy (non-hydrogen) atoms. The van der Waals surface area contributed by atoms with Crippen molar-refractivity contribution in [3.8, 4) is 17.4 Å². The standard InChI is InChI=1S/C13H9Br2ClN2O2/c14-13(15)6-8(13)7-3-1-2-4-10(7)20-12-9(19)5-11(16)17-18-12/h1-5,8H,6H2,(H,17,19). The summed E-state index contributed by atoms with van der Waals surface area (Å²) in [6.45, 7) is 0. The lowest BCUT2D eigenvalue weighted by Gasteiger charge is -2.11. The van der Waals surface area contributed by atoms with Crippen LogP contribution in [0.2, 0.25) is 5.15 Å². The number of rotatable bonds is 3. The van der Waals surface area contributed by atoms with Gasteiger partial charge < -0.3 is 9.84 Å². The lowest BCUT2D eigenvalue weighted by atomic mass is 10.1. The molecule has 1 unspecified atom stereocenters. The molecule has 0 spiro atoms. The van der Waals surface area contributed by atoms with Crippen molar-refractivity contribution in [3.05, 3.63) is 41.0 Å². The highest BCUT2D eigenvalue weighted by atomic mass is 79.9. The fourth-order valence-electron chi connectivity index (χ4n) is 1.94. The molecule has 1 heterocycles. The zero-order valence-electron chi connectivity index (χ0n) is 10.1. The minimum absolute atomic E-state index is 0.0391. The van der Waals surface area contributed by atoms with Gasteiger partial charge in [-0.25, -0.2) is 0 Å². The Morgan fingerprint density at radius 3 is 2.65 bits per heavy atom. The van der Waals surface area contributed by atoms with Gasteiger partial charge in [0.25, 0.3) is 5.88 Å². The van der Waals surface area contributed by atoms with Gasteiger partial charge in [0.1, 0.15) is 5.75 Å². The number of aromatic hydroxyl groups is 1. The summed E-state index contributed by atoms with van der Waals surface area (Å²) in [4.78, 5) is 0. The van der Waals surface area contributed by atoms with E-state index in [4.69, 9.17) is 16.3 Å². The molecule has 4 nitrogen and oxygen atoms in total. The van der Waals surface area contributed by atoms with E-state index in [9.17, 15) is 5.11 Å². The van der Waals surface area contributed by atoms with Crippen molar-refractivity contribution in [1.82, 2.24) is 10.2 Å². The SMILES string of the molecule is Oc1cc(Cl)nnc1Oc1ccccc1C1CC1(Br)Br. The second-order valence-electron chi connectivity index (χ2n) is 4.52. The van der Waals surface area contributed by atoms with Gasteiger partial charge in [0.2, 0.25) is 0 Å². The smallest absolute Gasteiger partial charge is 0.281 e. The Morgan fingerprint density at radius 2 is 2.00 bits per heavy atom. The fourth-order valence-corrected chi connectivity index (χ4v) is 3.22. The number of aromatic nitrogens is 2. The van der Waals surface area contributed by atoms with E-state index < -0.39 is 0 Å². The summed E-state index contributed by atoms with van der Waals surface area (Å²) in [7, 11) is 0. The van der Waals surface area contributed by atoms with Crippen LogP contribution in [0.5, 0.6) is 17.4 Å². The molecule has 0 aliphatic heterocycles. The maximum Gasteiger partial charge on any atom is 0.281 e. The highest BCUT2D eigenvalue weighted by Crippen LogP contribution is 2.63. The first-order valence-electron chi connectivity index (χ1n) is 5.84. The summed E-state index contributed by atoms with van der Waals surface area (Å²) in [5, 5.41) is 17.3. The van der Waals surface area contributed by atoms with Crippen molar-refractivity contribution in [2.24, 2.45) is 0 Å². The Labute approximate surface area is 137 Å². The topological polar surface area (TPSA) is 55.2 Å². The largest absolute Gasteiger partial charge is 0.503 e. The lowest BCUT2D eigenvalue weighted by molar-refractivity contribution is 0.389. The Kier molecular flexibility index (Phi) is 3.64. The maximum absolute atomic E-state index is 9.77. The first-order chi connectivity index (χ1) is 9.47. The van der Waals surface area contributed by atoms with E-state index in [0.29, 0.717) is 11.7 Å². The maximum atomic E-state index is 9.77. The van der Waals surface area contributed by atoms with Gasteiger partial charge in [0, 0.05) is 17.5 Å². The van der Waals surface area contributed by atoms with Crippen LogP contribution in [-0.4, -0.2) is 18.5 Å². The number of nitrogens with zero attached hydrogens (tertiary/aromatic N) is 2. The van der Waals surface area contributed by atoms with E-state index >= 15 is 0 Å². The van der Waals surface area contributed by atoms with Crippen LogP contribution in [0.15, 0.2) is 30.3 Å². The summed E-state index contributed by atoms with van der Waals surface area (Å²) < 4.78 is 5.59. The van der Waals surface area contributed by atoms with Gasteiger partial charge in [0.05, 0.1) is 3.23 Å². The molecule has 1 saturated carbocycles. The van der Waals surface area contributed by atoms with Crippen LogP contribution < -0.4 is 4.74 Å². The van der Waals surface area contributed by atoms with Gasteiger partial charge in [0.15, 0.2) is 10.9 Å². The molecule has 0 radical (unpaired) electrons. The number of para-hydroxylation sites is 1. The van der Waals surface area contributed by atoms with Crippen molar-refractivity contribution in [2.45, 2.75) is 15.6 Å². The van der Waals surface area contributed by atoms with Crippen molar-refractivity contribution in [3.63, 3.8) is 0 Å². The third-order valence-corrected chi connectivity index (χ3v) is 4.98. The number of ether oxygens (including phenoxy) is 1. The highest BCUT2D eigenvalue weighted by molar-refractivity contribution is 9.25. The zero-order valence-corrected chi connectivity index (χ0v) is 14.0. The summed E-state index contributed by atoms with van der Waals surface area (Å²) in [6.07, 6.45) is 0.964. The summed E-state index contributed by atoms with van der Waals surface area (Å²) in [6, 6.07) is 8.93. The molecule has 1 aromatic carbocycles. The Balaban J connectivity index is 1.91. The molecule has 1 aliphatic carbocycles. The molecule has 1 atom stereocenters. The van der Waals surface area contributed by atoms with Crippen LogP contribution in [-0.2, 0) is 0 Å². The average Bonchev–Trinajstić information content (AvgIpc) is 3.02. The second-order valence-corrected chi connectivity index (χ2v) is 8.80. The van der Waals surface area contributed by atoms with Crippen LogP contribution in [0, 0.1) is 0 Å². The van der Waals surface area contributed by atoms with Gasteiger partial charge >= 0.3 is 0 Å². The van der Waals surface area contributed by atoms with Crippen molar-refractivity contribution in [2.75, 3.05) is 0 Å². The van der Waals surface area contributed by atoms with Crippen LogP contribution >= 0.6 is 43.5 Å². The predicted molar refractivity (Wildman–Crippen MR) is 83.2 cm³/mol. The predicted octanol–water partition coefficient (Wildman–Crippen LogP) is 4.60. The van der Waals surface area contributed by atoms with E-state index in [2.05, 4.69) is 42.1 Å². The number of hydrogen-bond acceptors (Lipinski definition) is 4. The Morgan fingerprint density at radius 1 is 1.30 bits per heavy atom. The van der Waals surface area contributed by atoms with E-state index in [1.807, 2.05) is 24.3 Å². The number of alkyl halides is 2. The summed E-state index contributed by atoms with van der Waals surface area (Å²) in [5.41, 5.74) is 1.04. The minimum atomic E-state index is -0.139. The Bertz CT molecular complexity index is 667. The van der Waals surface area contributed by atoms with E-state index in [1.54, 1.807) is 0 Å². The molecule has 2 aromatic rings. The van der Waals surface area contributed by atoms with E-state index in [1.165, 1.54) is 6.07 Å². The average molecular weight is 420 g/mol. The first kappa shape index (κ1) is 14.1. The van der Waals surface area contributed by atoms with Crippen molar-refractivity contribution >= 4 is 43.5 Å². The quantitative estimate of drug-likeness (QED) is 0.738. The number of halogens is 3. The fraction of sp³-hybridized carbons (Fsp3) is 0.231. The number of hydrogen-bond donors (Lipinski definition) is 1. The van der Waals surface area contributed by atoms with Crippen LogP contribution in [0.1, 0.15) is 17.9 Å². The van der Waals surface area contributed by atoms with Gasteiger partial charge in [-0.3, -0.25) is 0 Å². The third-order valence-electron chi connectivity index (χ3n) is 3.04. The monoisotopic (exact) mass is 418 g/mol. The molecule has 0 bridgehead atoms. The third kappa shape index (κ3) is 2.77. The van der Waals surface area contributed by atoms with Gasteiger partial charge in [-0.1, -0.05) is 61.7 Å². The van der Waals surface area contributed by atoms with Gasteiger partial charge in [-0.05, 0) is 12.5 Å². The molecular formula is C13H9Br2ClN2O2. The van der Waals surface area contributed by atoms with Crippen molar-refractivity contribution < 1.29 is 9.84 Å². The Hall–Kier alpha value is -0.850. The molecule has 1 aromatic heterocycles. The normalized spacial score (nSPS) is 19.6. The molecule has 1 fully saturated rings. The van der Waals surface area contributed by atoms with Gasteiger partial charge in [-0.15, -0.1) is 10.2 Å². The molecule has 0 saturated heterocycles. The molecular weight excluding hydrogens is 411 g/mol. The zero-order chi connectivity index (χ0) is 14.3.